The van der Waals surface area contributed by atoms with E-state index >= 15 is 0 Å². The van der Waals surface area contributed by atoms with Crippen LogP contribution in [0.15, 0.2) is 54.9 Å². The number of nitro benzene ring substituents is 1. The summed E-state index contributed by atoms with van der Waals surface area (Å²) in [5, 5.41) is 11.3. The molecule has 1 aromatic carbocycles. The first-order valence-corrected chi connectivity index (χ1v) is 6.64. The summed E-state index contributed by atoms with van der Waals surface area (Å²) in [6.07, 6.45) is 3.30. The van der Waals surface area contributed by atoms with Crippen molar-refractivity contribution >= 4 is 17.2 Å². The molecule has 98 valence electrons. The van der Waals surface area contributed by atoms with Crippen molar-refractivity contribution in [1.29, 1.82) is 0 Å². The van der Waals surface area contributed by atoms with Gasteiger partial charge in [0.2, 0.25) is 0 Å². The minimum absolute atomic E-state index is 0.0506. The fraction of sp³-hybridized carbons (Fsp3) is 0. The second kappa shape index (κ2) is 5.18. The van der Waals surface area contributed by atoms with Crippen LogP contribution in [-0.4, -0.2) is 14.3 Å². The Kier molecular flexibility index (Phi) is 3.22. The number of nitrogens with zero attached hydrogens (tertiary/aromatic N) is 3. The molecule has 0 bridgehead atoms. The highest BCUT2D eigenvalue weighted by Gasteiger charge is 2.17. The van der Waals surface area contributed by atoms with E-state index in [4.69, 9.17) is 0 Å². The molecule has 3 aromatic rings. The van der Waals surface area contributed by atoms with E-state index in [2.05, 4.69) is 9.36 Å². The van der Waals surface area contributed by atoms with E-state index in [0.29, 0.717) is 11.3 Å². The molecule has 6 heteroatoms. The predicted octanol–water partition coefficient (Wildman–Crippen LogP) is 3.78. The van der Waals surface area contributed by atoms with Crippen LogP contribution in [-0.2, 0) is 0 Å². The van der Waals surface area contributed by atoms with Gasteiger partial charge in [0.1, 0.15) is 0 Å². The zero-order valence-electron chi connectivity index (χ0n) is 10.3. The molecule has 0 aliphatic heterocycles. The number of rotatable bonds is 3. The van der Waals surface area contributed by atoms with Crippen LogP contribution in [0.1, 0.15) is 0 Å². The molecule has 0 N–H and O–H groups in total. The maximum atomic E-state index is 11.3. The van der Waals surface area contributed by atoms with Crippen molar-refractivity contribution in [3.05, 3.63) is 65.0 Å². The van der Waals surface area contributed by atoms with Gasteiger partial charge in [0.05, 0.1) is 21.1 Å². The lowest BCUT2D eigenvalue weighted by Gasteiger charge is -2.04. The summed E-state index contributed by atoms with van der Waals surface area (Å²) in [5.41, 5.74) is 1.95. The third-order valence-corrected chi connectivity index (χ3v) is 3.65. The molecular formula is C14H9N3O2S. The van der Waals surface area contributed by atoms with Gasteiger partial charge in [-0.05, 0) is 35.8 Å². The Morgan fingerprint density at radius 2 is 2.00 bits per heavy atom. The Balaban J connectivity index is 2.15. The minimum Gasteiger partial charge on any atom is -0.258 e. The number of benzene rings is 1. The van der Waals surface area contributed by atoms with Gasteiger partial charge in [0, 0.05) is 24.0 Å². The van der Waals surface area contributed by atoms with Crippen LogP contribution >= 0.6 is 11.5 Å². The van der Waals surface area contributed by atoms with Crippen LogP contribution in [0.3, 0.4) is 0 Å². The number of pyridine rings is 1. The van der Waals surface area contributed by atoms with Crippen LogP contribution in [0.4, 0.5) is 5.69 Å². The van der Waals surface area contributed by atoms with Crippen molar-refractivity contribution in [2.24, 2.45) is 0 Å². The first kappa shape index (κ1) is 12.4. The standard InChI is InChI=1S/C14H9N3O2S/c18-17(19)13-9-10(14-6-8-16-20-14)4-5-11(13)12-3-1-2-7-15-12/h1-9H. The Hall–Kier alpha value is -2.60. The first-order chi connectivity index (χ1) is 9.75. The summed E-state index contributed by atoms with van der Waals surface area (Å²) in [6, 6.07) is 12.3. The van der Waals surface area contributed by atoms with Crippen molar-refractivity contribution in [2.75, 3.05) is 0 Å². The highest BCUT2D eigenvalue weighted by atomic mass is 32.1. The zero-order valence-corrected chi connectivity index (χ0v) is 11.1. The predicted molar refractivity (Wildman–Crippen MR) is 77.4 cm³/mol. The molecular weight excluding hydrogens is 274 g/mol. The second-order valence-electron chi connectivity index (χ2n) is 4.08. The number of nitro groups is 1. The van der Waals surface area contributed by atoms with Crippen LogP contribution in [0.5, 0.6) is 0 Å². The van der Waals surface area contributed by atoms with Gasteiger partial charge in [0.15, 0.2) is 0 Å². The van der Waals surface area contributed by atoms with Gasteiger partial charge < -0.3 is 0 Å². The fourth-order valence-electron chi connectivity index (χ4n) is 1.94. The maximum absolute atomic E-state index is 11.3. The maximum Gasteiger partial charge on any atom is 0.279 e. The third kappa shape index (κ3) is 2.28. The molecule has 0 amide bonds. The average Bonchev–Trinajstić information content (AvgIpc) is 3.02. The molecule has 2 aromatic heterocycles. The quantitative estimate of drug-likeness (QED) is 0.542. The van der Waals surface area contributed by atoms with Crippen LogP contribution in [0.25, 0.3) is 21.7 Å². The van der Waals surface area contributed by atoms with Crippen molar-refractivity contribution in [3.8, 4) is 21.7 Å². The van der Waals surface area contributed by atoms with E-state index in [1.807, 2.05) is 18.2 Å². The van der Waals surface area contributed by atoms with Gasteiger partial charge in [-0.3, -0.25) is 15.1 Å². The smallest absolute Gasteiger partial charge is 0.258 e. The molecule has 0 spiro atoms. The Morgan fingerprint density at radius 1 is 1.10 bits per heavy atom. The molecule has 0 saturated carbocycles. The van der Waals surface area contributed by atoms with Gasteiger partial charge in [-0.25, -0.2) is 4.37 Å². The molecule has 5 nitrogen and oxygen atoms in total. The summed E-state index contributed by atoms with van der Waals surface area (Å²) >= 11 is 1.31. The molecule has 0 aliphatic carbocycles. The summed E-state index contributed by atoms with van der Waals surface area (Å²) < 4.78 is 4.01. The summed E-state index contributed by atoms with van der Waals surface area (Å²) in [5.74, 6) is 0. The molecule has 0 saturated heterocycles. The van der Waals surface area contributed by atoms with E-state index in [1.165, 1.54) is 11.5 Å². The monoisotopic (exact) mass is 283 g/mol. The lowest BCUT2D eigenvalue weighted by Crippen LogP contribution is -1.93. The second-order valence-corrected chi connectivity index (χ2v) is 4.91. The van der Waals surface area contributed by atoms with Crippen molar-refractivity contribution in [1.82, 2.24) is 9.36 Å². The number of hydrogen-bond acceptors (Lipinski definition) is 5. The Bertz CT molecular complexity index is 742. The summed E-state index contributed by atoms with van der Waals surface area (Å²) in [4.78, 5) is 16.0. The van der Waals surface area contributed by atoms with Crippen LogP contribution < -0.4 is 0 Å². The van der Waals surface area contributed by atoms with E-state index in [-0.39, 0.29) is 10.6 Å². The topological polar surface area (TPSA) is 68.9 Å². The lowest BCUT2D eigenvalue weighted by molar-refractivity contribution is -0.384. The Morgan fingerprint density at radius 3 is 2.65 bits per heavy atom. The number of hydrogen-bond donors (Lipinski definition) is 0. The largest absolute Gasteiger partial charge is 0.279 e. The average molecular weight is 283 g/mol. The molecule has 3 rings (SSSR count). The van der Waals surface area contributed by atoms with E-state index in [1.54, 1.807) is 36.7 Å². The van der Waals surface area contributed by atoms with E-state index < -0.39 is 0 Å². The minimum atomic E-state index is -0.380. The van der Waals surface area contributed by atoms with Gasteiger partial charge >= 0.3 is 0 Å². The summed E-state index contributed by atoms with van der Waals surface area (Å²) in [7, 11) is 0. The lowest BCUT2D eigenvalue weighted by atomic mass is 10.0. The first-order valence-electron chi connectivity index (χ1n) is 5.86. The number of aromatic nitrogens is 2. The van der Waals surface area contributed by atoms with E-state index in [9.17, 15) is 10.1 Å². The van der Waals surface area contributed by atoms with Gasteiger partial charge in [-0.15, -0.1) is 0 Å². The molecule has 0 aliphatic rings. The molecule has 0 fully saturated rings. The molecule has 20 heavy (non-hydrogen) atoms. The Labute approximate surface area is 118 Å². The van der Waals surface area contributed by atoms with Crippen molar-refractivity contribution in [2.45, 2.75) is 0 Å². The summed E-state index contributed by atoms with van der Waals surface area (Å²) in [6.45, 7) is 0. The van der Waals surface area contributed by atoms with Crippen LogP contribution in [0, 0.1) is 10.1 Å². The molecule has 0 unspecified atom stereocenters. The highest BCUT2D eigenvalue weighted by Crippen LogP contribution is 2.33. The molecule has 0 radical (unpaired) electrons. The van der Waals surface area contributed by atoms with Crippen LogP contribution in [0.2, 0.25) is 0 Å². The highest BCUT2D eigenvalue weighted by molar-refractivity contribution is 7.09. The molecule has 2 heterocycles. The van der Waals surface area contributed by atoms with Gasteiger partial charge in [-0.1, -0.05) is 12.1 Å². The van der Waals surface area contributed by atoms with Gasteiger partial charge in [0.25, 0.3) is 5.69 Å². The SMILES string of the molecule is O=[N+]([O-])c1cc(-c2ccns2)ccc1-c1ccccn1. The van der Waals surface area contributed by atoms with Crippen molar-refractivity contribution < 1.29 is 4.92 Å². The normalized spacial score (nSPS) is 10.4. The van der Waals surface area contributed by atoms with Crippen molar-refractivity contribution in [3.63, 3.8) is 0 Å². The van der Waals surface area contributed by atoms with E-state index in [0.717, 1.165) is 10.4 Å². The fourth-order valence-corrected chi connectivity index (χ4v) is 2.53. The zero-order chi connectivity index (χ0) is 13.9. The van der Waals surface area contributed by atoms with Gasteiger partial charge in [-0.2, -0.15) is 0 Å². The molecule has 0 atom stereocenters. The third-order valence-electron chi connectivity index (χ3n) is 2.86.